The quantitative estimate of drug-likeness (QED) is 0.535. The van der Waals surface area contributed by atoms with E-state index in [0.717, 1.165) is 6.42 Å². The molecule has 0 rings (SSSR count). The second kappa shape index (κ2) is 4.77. The van der Waals surface area contributed by atoms with E-state index in [4.69, 9.17) is 4.74 Å². The Balaban J connectivity index is 3.41. The average Bonchev–Trinajstić information content (AvgIpc) is 1.82. The molecule has 0 spiro atoms. The highest BCUT2D eigenvalue weighted by molar-refractivity contribution is 4.57. The van der Waals surface area contributed by atoms with Gasteiger partial charge in [0.15, 0.2) is 6.79 Å². The number of hydrogen-bond acceptors (Lipinski definition) is 1. The lowest BCUT2D eigenvalue weighted by Gasteiger charge is -2.16. The summed E-state index contributed by atoms with van der Waals surface area (Å²) in [4.78, 5) is 0. The van der Waals surface area contributed by atoms with Crippen LogP contribution < -0.4 is 0 Å². The predicted octanol–water partition coefficient (Wildman–Crippen LogP) is 1.83. The summed E-state index contributed by atoms with van der Waals surface area (Å²) in [5.74, 6) is 0.462. The van der Waals surface area contributed by atoms with Crippen molar-refractivity contribution < 1.29 is 9.84 Å². The fourth-order valence-electron chi connectivity index (χ4n) is 0.869. The molecule has 0 amide bonds. The molecule has 0 bridgehead atoms. The maximum Gasteiger partial charge on any atom is 0.181 e. The van der Waals surface area contributed by atoms with Crippen molar-refractivity contribution in [3.63, 3.8) is 0 Å². The Hall–Kier alpha value is -0.0800. The Bertz CT molecular complexity index is 61.9. The van der Waals surface area contributed by atoms with E-state index < -0.39 is 6.79 Å². The van der Waals surface area contributed by atoms with E-state index in [1.807, 2.05) is 6.92 Å². The van der Waals surface area contributed by atoms with Crippen LogP contribution in [0.2, 0.25) is 0 Å². The Kier molecular flexibility index (Phi) is 4.72. The van der Waals surface area contributed by atoms with E-state index >= 15 is 0 Å². The molecule has 0 aromatic heterocycles. The molecule has 0 heterocycles. The summed E-state index contributed by atoms with van der Waals surface area (Å²) in [5, 5.41) is 9.98. The second-order valence-corrected chi connectivity index (χ2v) is 2.48. The van der Waals surface area contributed by atoms with Gasteiger partial charge in [0.2, 0.25) is 0 Å². The van der Waals surface area contributed by atoms with Gasteiger partial charge in [0.1, 0.15) is 0 Å². The first kappa shape index (κ1) is 8.92. The largest absolute Gasteiger partial charge is 0.349 e. The second-order valence-electron chi connectivity index (χ2n) is 2.48. The monoisotopic (exact) mass is 131 g/mol. The standard InChI is InChI=1S/C7H15O2/c1-4-7(6(2)3)9-5-8/h6-7H,4-5H2,1-3H3. The Morgan fingerprint density at radius 2 is 2.00 bits per heavy atom. The minimum absolute atomic E-state index is 0.155. The predicted molar refractivity (Wildman–Crippen MR) is 35.6 cm³/mol. The molecular formula is C7H15O2. The minimum atomic E-state index is -0.406. The van der Waals surface area contributed by atoms with Gasteiger partial charge >= 0.3 is 0 Å². The van der Waals surface area contributed by atoms with Crippen LogP contribution in [0.5, 0.6) is 0 Å². The van der Waals surface area contributed by atoms with Crippen LogP contribution in [-0.4, -0.2) is 12.9 Å². The summed E-state index contributed by atoms with van der Waals surface area (Å²) in [6.07, 6.45) is 1.09. The highest BCUT2D eigenvalue weighted by Crippen LogP contribution is 2.08. The zero-order chi connectivity index (χ0) is 7.28. The van der Waals surface area contributed by atoms with Crippen molar-refractivity contribution in [2.45, 2.75) is 33.3 Å². The van der Waals surface area contributed by atoms with E-state index in [9.17, 15) is 5.11 Å². The highest BCUT2D eigenvalue weighted by Gasteiger charge is 2.09. The number of rotatable bonds is 4. The van der Waals surface area contributed by atoms with Crippen LogP contribution in [0, 0.1) is 5.92 Å². The average molecular weight is 131 g/mol. The van der Waals surface area contributed by atoms with Gasteiger partial charge in [-0.1, -0.05) is 20.8 Å². The first-order valence-electron chi connectivity index (χ1n) is 3.42. The van der Waals surface area contributed by atoms with Crippen molar-refractivity contribution in [3.05, 3.63) is 0 Å². The fourth-order valence-corrected chi connectivity index (χ4v) is 0.869. The van der Waals surface area contributed by atoms with Crippen LogP contribution in [0.4, 0.5) is 0 Å². The molecular weight excluding hydrogens is 116 g/mol. The molecule has 0 saturated carbocycles. The molecule has 0 fully saturated rings. The number of hydrogen-bond donors (Lipinski definition) is 0. The lowest BCUT2D eigenvalue weighted by atomic mass is 10.1. The summed E-state index contributed by atoms with van der Waals surface area (Å²) >= 11 is 0. The van der Waals surface area contributed by atoms with E-state index in [1.54, 1.807) is 0 Å². The van der Waals surface area contributed by atoms with Crippen LogP contribution in [-0.2, 0) is 9.84 Å². The van der Waals surface area contributed by atoms with Gasteiger partial charge in [-0.3, -0.25) is 0 Å². The third-order valence-corrected chi connectivity index (χ3v) is 1.43. The molecule has 2 heteroatoms. The van der Waals surface area contributed by atoms with E-state index in [1.165, 1.54) is 0 Å². The summed E-state index contributed by atoms with van der Waals surface area (Å²) < 4.78 is 4.90. The molecule has 0 aliphatic carbocycles. The molecule has 0 aromatic rings. The summed E-state index contributed by atoms with van der Waals surface area (Å²) in [5.41, 5.74) is 0. The highest BCUT2D eigenvalue weighted by atomic mass is 16.6. The van der Waals surface area contributed by atoms with Gasteiger partial charge < -0.3 is 4.74 Å². The van der Waals surface area contributed by atoms with Crippen molar-refractivity contribution in [1.29, 1.82) is 0 Å². The molecule has 0 aliphatic heterocycles. The van der Waals surface area contributed by atoms with Gasteiger partial charge in [0.05, 0.1) is 6.10 Å². The van der Waals surface area contributed by atoms with Crippen LogP contribution in [0.15, 0.2) is 0 Å². The van der Waals surface area contributed by atoms with Crippen molar-refractivity contribution in [2.24, 2.45) is 5.92 Å². The zero-order valence-electron chi connectivity index (χ0n) is 6.39. The van der Waals surface area contributed by atoms with Crippen molar-refractivity contribution >= 4 is 0 Å². The van der Waals surface area contributed by atoms with Gasteiger partial charge in [0, 0.05) is 0 Å². The molecule has 55 valence electrons. The molecule has 0 saturated heterocycles. The first-order valence-corrected chi connectivity index (χ1v) is 3.42. The molecule has 0 N–H and O–H groups in total. The smallest absolute Gasteiger partial charge is 0.181 e. The minimum Gasteiger partial charge on any atom is -0.349 e. The van der Waals surface area contributed by atoms with E-state index in [0.29, 0.717) is 5.92 Å². The van der Waals surface area contributed by atoms with Gasteiger partial charge in [-0.05, 0) is 12.3 Å². The van der Waals surface area contributed by atoms with Crippen LogP contribution in [0.3, 0.4) is 0 Å². The van der Waals surface area contributed by atoms with Gasteiger partial charge in [-0.25, -0.2) is 5.11 Å². The number of ether oxygens (including phenoxy) is 1. The molecule has 1 radical (unpaired) electrons. The van der Waals surface area contributed by atoms with Crippen LogP contribution in [0.1, 0.15) is 27.2 Å². The van der Waals surface area contributed by atoms with Gasteiger partial charge in [-0.15, -0.1) is 0 Å². The SMILES string of the molecule is CCC(OC[O])C(C)C. The lowest BCUT2D eigenvalue weighted by molar-refractivity contribution is -0.0986. The molecule has 2 nitrogen and oxygen atoms in total. The van der Waals surface area contributed by atoms with Gasteiger partial charge in [0.25, 0.3) is 0 Å². The Labute approximate surface area is 56.8 Å². The van der Waals surface area contributed by atoms with E-state index in [2.05, 4.69) is 13.8 Å². The maximum absolute atomic E-state index is 9.98. The topological polar surface area (TPSA) is 29.1 Å². The lowest BCUT2D eigenvalue weighted by Crippen LogP contribution is -2.18. The van der Waals surface area contributed by atoms with Gasteiger partial charge in [-0.2, -0.15) is 0 Å². The third kappa shape index (κ3) is 3.49. The Morgan fingerprint density at radius 3 is 2.11 bits per heavy atom. The zero-order valence-corrected chi connectivity index (χ0v) is 6.39. The molecule has 9 heavy (non-hydrogen) atoms. The van der Waals surface area contributed by atoms with Crippen molar-refractivity contribution in [1.82, 2.24) is 0 Å². The Morgan fingerprint density at radius 1 is 1.44 bits per heavy atom. The summed E-state index contributed by atoms with van der Waals surface area (Å²) in [6.45, 7) is 5.74. The molecule has 1 atom stereocenters. The molecule has 0 aliphatic rings. The summed E-state index contributed by atoms with van der Waals surface area (Å²) in [7, 11) is 0. The molecule has 1 unspecified atom stereocenters. The third-order valence-electron chi connectivity index (χ3n) is 1.43. The fraction of sp³-hybridized carbons (Fsp3) is 1.00. The van der Waals surface area contributed by atoms with Crippen molar-refractivity contribution in [2.75, 3.05) is 6.79 Å². The van der Waals surface area contributed by atoms with Crippen LogP contribution in [0.25, 0.3) is 0 Å². The normalized spacial score (nSPS) is 14.3. The first-order chi connectivity index (χ1) is 4.22. The molecule has 0 aromatic carbocycles. The van der Waals surface area contributed by atoms with Crippen LogP contribution >= 0.6 is 0 Å². The van der Waals surface area contributed by atoms with E-state index in [-0.39, 0.29) is 6.10 Å². The van der Waals surface area contributed by atoms with Crippen molar-refractivity contribution in [3.8, 4) is 0 Å². The summed E-state index contributed by atoms with van der Waals surface area (Å²) in [6, 6.07) is 0. The maximum atomic E-state index is 9.98.